The van der Waals surface area contributed by atoms with Crippen molar-refractivity contribution in [2.75, 3.05) is 18.9 Å². The summed E-state index contributed by atoms with van der Waals surface area (Å²) in [5.74, 6) is -0.822. The van der Waals surface area contributed by atoms with Crippen molar-refractivity contribution in [3.8, 4) is 0 Å². The molecule has 0 aliphatic carbocycles. The number of nitrogens with one attached hydrogen (secondary N) is 2. The molecule has 2 aliphatic rings. The highest BCUT2D eigenvalue weighted by Gasteiger charge is 2.59. The van der Waals surface area contributed by atoms with Crippen LogP contribution in [-0.2, 0) is 15.0 Å². The minimum Gasteiger partial charge on any atom is -0.330 e. The first-order valence-corrected chi connectivity index (χ1v) is 12.6. The van der Waals surface area contributed by atoms with Gasteiger partial charge in [0.25, 0.3) is 17.4 Å². The lowest BCUT2D eigenvalue weighted by Crippen LogP contribution is -2.51. The molecule has 3 atom stereocenters. The molecule has 0 saturated carbocycles. The number of hydrogen-bond acceptors (Lipinski definition) is 4. The Morgan fingerprint density at radius 1 is 1.18 bits per heavy atom. The van der Waals surface area contributed by atoms with Crippen molar-refractivity contribution >= 4 is 34.2 Å². The summed E-state index contributed by atoms with van der Waals surface area (Å²) in [6.45, 7) is 11.8. The van der Waals surface area contributed by atoms with Crippen LogP contribution in [0.5, 0.6) is 0 Å². The fraction of sp³-hybridized carbons (Fsp3) is 0.345. The minimum absolute atomic E-state index is 0.0805. The van der Waals surface area contributed by atoms with Gasteiger partial charge in [0.1, 0.15) is 11.5 Å². The molecule has 9 nitrogen and oxygen atoms in total. The van der Waals surface area contributed by atoms with Crippen LogP contribution >= 0.6 is 0 Å². The van der Waals surface area contributed by atoms with E-state index in [1.165, 1.54) is 16.0 Å². The van der Waals surface area contributed by atoms with Gasteiger partial charge in [-0.1, -0.05) is 32.0 Å². The van der Waals surface area contributed by atoms with Gasteiger partial charge in [-0.15, -0.1) is 0 Å². The van der Waals surface area contributed by atoms with E-state index in [-0.39, 0.29) is 42.2 Å². The molecular formula is C29H29N5O4. The lowest BCUT2D eigenvalue weighted by atomic mass is 9.80. The number of aromatic amines is 1. The van der Waals surface area contributed by atoms with E-state index in [2.05, 4.69) is 15.1 Å². The Kier molecular flexibility index (Phi) is 6.27. The SMILES string of the molecule is [C-]#[N+][C@@H]1C[C@@]2(CN1C(=O)[C@H](CC(C)C)N(C)C(=O)c1ccc3c(=O)[nH]ccc3c1)C(=O)Nc1ccccc12. The summed E-state index contributed by atoms with van der Waals surface area (Å²) < 4.78 is 0. The maximum absolute atomic E-state index is 14.1. The zero-order valence-corrected chi connectivity index (χ0v) is 21.5. The topological polar surface area (TPSA) is 107 Å². The van der Waals surface area contributed by atoms with Crippen molar-refractivity contribution in [3.05, 3.63) is 87.6 Å². The van der Waals surface area contributed by atoms with E-state index < -0.39 is 17.6 Å². The summed E-state index contributed by atoms with van der Waals surface area (Å²) in [7, 11) is 1.59. The Morgan fingerprint density at radius 2 is 1.95 bits per heavy atom. The summed E-state index contributed by atoms with van der Waals surface area (Å²) in [5.41, 5.74) is 0.628. The summed E-state index contributed by atoms with van der Waals surface area (Å²) in [6.07, 6.45) is 1.31. The van der Waals surface area contributed by atoms with Crippen molar-refractivity contribution < 1.29 is 14.4 Å². The average Bonchev–Trinajstić information content (AvgIpc) is 3.44. The Bertz CT molecular complexity index is 1550. The number of aromatic nitrogens is 1. The molecule has 3 amide bonds. The second-order valence-electron chi connectivity index (χ2n) is 10.5. The summed E-state index contributed by atoms with van der Waals surface area (Å²) >= 11 is 0. The van der Waals surface area contributed by atoms with Gasteiger partial charge in [0, 0.05) is 36.4 Å². The first-order valence-electron chi connectivity index (χ1n) is 12.6. The van der Waals surface area contributed by atoms with Gasteiger partial charge in [0.2, 0.25) is 5.91 Å². The van der Waals surface area contributed by atoms with Crippen molar-refractivity contribution in [2.24, 2.45) is 5.92 Å². The molecule has 2 N–H and O–H groups in total. The smallest absolute Gasteiger partial charge is 0.302 e. The standard InChI is InChI=1S/C29H29N5O4/c1-17(2)13-23(33(4)26(36)19-9-10-20-18(14-19)11-12-31-25(20)35)27(37)34-16-29(15-24(34)30-3)21-7-5-6-8-22(21)32-28(29)38/h5-12,14,17,23-24H,13,15-16H2,1-2,4H3,(H,31,35)(H,32,38)/t23-,24-,29-/m0/s1. The van der Waals surface area contributed by atoms with E-state index in [4.69, 9.17) is 6.57 Å². The van der Waals surface area contributed by atoms with E-state index in [0.29, 0.717) is 28.4 Å². The largest absolute Gasteiger partial charge is 0.330 e. The van der Waals surface area contributed by atoms with Crippen LogP contribution in [0.2, 0.25) is 0 Å². The molecule has 194 valence electrons. The number of likely N-dealkylation sites (N-methyl/N-ethyl adjacent to an activating group) is 1. The molecule has 9 heteroatoms. The van der Waals surface area contributed by atoms with Gasteiger partial charge in [-0.3, -0.25) is 28.9 Å². The molecule has 3 aromatic rings. The van der Waals surface area contributed by atoms with E-state index >= 15 is 0 Å². The molecule has 2 aromatic carbocycles. The lowest BCUT2D eigenvalue weighted by Gasteiger charge is -2.32. The second-order valence-corrected chi connectivity index (χ2v) is 10.5. The third-order valence-corrected chi connectivity index (χ3v) is 7.68. The van der Waals surface area contributed by atoms with Crippen LogP contribution in [0.25, 0.3) is 15.6 Å². The molecule has 0 unspecified atom stereocenters. The fourth-order valence-corrected chi connectivity index (χ4v) is 5.69. The number of pyridine rings is 1. The molecule has 1 aromatic heterocycles. The second kappa shape index (κ2) is 9.45. The minimum atomic E-state index is -0.988. The quantitative estimate of drug-likeness (QED) is 0.512. The molecule has 0 radical (unpaired) electrons. The van der Waals surface area contributed by atoms with Crippen LogP contribution in [-0.4, -0.2) is 58.3 Å². The van der Waals surface area contributed by atoms with Crippen LogP contribution in [0.15, 0.2) is 59.5 Å². The van der Waals surface area contributed by atoms with E-state index in [9.17, 15) is 19.2 Å². The van der Waals surface area contributed by atoms with Gasteiger partial charge in [-0.2, -0.15) is 0 Å². The number of amides is 3. The van der Waals surface area contributed by atoms with Gasteiger partial charge in [-0.25, -0.2) is 6.57 Å². The lowest BCUT2D eigenvalue weighted by molar-refractivity contribution is -0.136. The molecular weight excluding hydrogens is 482 g/mol. The van der Waals surface area contributed by atoms with Crippen molar-refractivity contribution in [3.63, 3.8) is 0 Å². The van der Waals surface area contributed by atoms with Gasteiger partial charge in [0.15, 0.2) is 0 Å². The average molecular weight is 512 g/mol. The van der Waals surface area contributed by atoms with Gasteiger partial charge < -0.3 is 15.2 Å². The highest BCUT2D eigenvalue weighted by atomic mass is 16.2. The van der Waals surface area contributed by atoms with E-state index in [1.54, 1.807) is 31.3 Å². The predicted octanol–water partition coefficient (Wildman–Crippen LogP) is 3.38. The van der Waals surface area contributed by atoms with Crippen molar-refractivity contribution in [2.45, 2.75) is 44.3 Å². The molecule has 0 bridgehead atoms. The number of benzene rings is 2. The van der Waals surface area contributed by atoms with E-state index in [0.717, 1.165) is 5.56 Å². The number of carbonyl (C=O) groups is 3. The molecule has 5 rings (SSSR count). The number of rotatable bonds is 5. The first-order chi connectivity index (χ1) is 18.2. The van der Waals surface area contributed by atoms with E-state index in [1.807, 2.05) is 38.1 Å². The molecule has 1 saturated heterocycles. The Labute approximate surface area is 220 Å². The number of nitrogens with zero attached hydrogens (tertiary/aromatic N) is 3. The molecule has 38 heavy (non-hydrogen) atoms. The predicted molar refractivity (Wildman–Crippen MR) is 143 cm³/mol. The molecule has 1 fully saturated rings. The number of anilines is 1. The van der Waals surface area contributed by atoms with Gasteiger partial charge in [-0.05, 0) is 53.6 Å². The van der Waals surface area contributed by atoms with Gasteiger partial charge >= 0.3 is 6.17 Å². The highest BCUT2D eigenvalue weighted by Crippen LogP contribution is 2.47. The van der Waals surface area contributed by atoms with Crippen molar-refractivity contribution in [1.29, 1.82) is 0 Å². The monoisotopic (exact) mass is 511 g/mol. The number of H-pyrrole nitrogens is 1. The Balaban J connectivity index is 1.46. The summed E-state index contributed by atoms with van der Waals surface area (Å²) in [4.78, 5) is 62.1. The first kappa shape index (κ1) is 25.2. The fourth-order valence-electron chi connectivity index (χ4n) is 5.69. The summed E-state index contributed by atoms with van der Waals surface area (Å²) in [5, 5.41) is 4.00. The van der Waals surface area contributed by atoms with Crippen LogP contribution in [0.4, 0.5) is 5.69 Å². The maximum Gasteiger partial charge on any atom is 0.302 e. The Morgan fingerprint density at radius 3 is 2.68 bits per heavy atom. The molecule has 1 spiro atoms. The number of fused-ring (bicyclic) bond motifs is 3. The summed E-state index contributed by atoms with van der Waals surface area (Å²) in [6, 6.07) is 13.1. The highest BCUT2D eigenvalue weighted by molar-refractivity contribution is 6.07. The Hall–Kier alpha value is -4.45. The zero-order chi connectivity index (χ0) is 27.2. The van der Waals surface area contributed by atoms with Crippen LogP contribution in [0, 0.1) is 12.5 Å². The third kappa shape index (κ3) is 4.02. The van der Waals surface area contributed by atoms with Crippen LogP contribution in [0.3, 0.4) is 0 Å². The number of hydrogen-bond donors (Lipinski definition) is 2. The number of para-hydroxylation sites is 1. The van der Waals surface area contributed by atoms with Gasteiger partial charge in [0.05, 0.1) is 6.42 Å². The van der Waals surface area contributed by atoms with Crippen LogP contribution in [0.1, 0.15) is 42.6 Å². The zero-order valence-electron chi connectivity index (χ0n) is 21.5. The third-order valence-electron chi connectivity index (χ3n) is 7.68. The molecule has 2 aliphatic heterocycles. The van der Waals surface area contributed by atoms with Crippen molar-refractivity contribution in [1.82, 2.24) is 14.8 Å². The maximum atomic E-state index is 14.1. The molecule has 3 heterocycles. The normalized spacial score (nSPS) is 20.9. The number of carbonyl (C=O) groups excluding carboxylic acids is 3. The van der Waals surface area contributed by atoms with Crippen LogP contribution < -0.4 is 10.9 Å². The number of likely N-dealkylation sites (tertiary alicyclic amines) is 1.